The van der Waals surface area contributed by atoms with Crippen LogP contribution in [0.2, 0.25) is 0 Å². The number of carbonyl (C=O) groups excluding carboxylic acids is 1. The van der Waals surface area contributed by atoms with E-state index in [9.17, 15) is 9.59 Å². The third kappa shape index (κ3) is 3.23. The number of carboxylic acids is 1. The number of ether oxygens (including phenoxy) is 1. The summed E-state index contributed by atoms with van der Waals surface area (Å²) >= 11 is 0. The zero-order valence-electron chi connectivity index (χ0n) is 14.2. The van der Waals surface area contributed by atoms with Crippen LogP contribution in [0.4, 0.5) is 0 Å². The van der Waals surface area contributed by atoms with E-state index in [4.69, 9.17) is 9.84 Å². The summed E-state index contributed by atoms with van der Waals surface area (Å²) in [6.45, 7) is 5.24. The molecule has 2 aliphatic rings. The standard InChI is InChI=1S/C18H24N2O4/c1-3-12(2)24-15-10-13(4-7-19-15)16(21)20-8-5-18(6-9-20)11-14(18)17(22)23/h4,7,10,12,14H,3,5-6,8-9,11H2,1-2H3,(H,22,23). The van der Waals surface area contributed by atoms with Gasteiger partial charge in [-0.25, -0.2) is 4.98 Å². The predicted octanol–water partition coefficient (Wildman–Crippen LogP) is 2.59. The molecule has 1 amide bonds. The highest BCUT2D eigenvalue weighted by Crippen LogP contribution is 2.59. The van der Waals surface area contributed by atoms with E-state index in [1.807, 2.05) is 18.7 Å². The molecule has 2 fully saturated rings. The molecule has 2 unspecified atom stereocenters. The van der Waals surface area contributed by atoms with Crippen molar-refractivity contribution in [2.75, 3.05) is 13.1 Å². The van der Waals surface area contributed by atoms with Crippen LogP contribution < -0.4 is 4.74 Å². The van der Waals surface area contributed by atoms with Crippen LogP contribution in [0.3, 0.4) is 0 Å². The summed E-state index contributed by atoms with van der Waals surface area (Å²) in [6.07, 6.45) is 4.83. The summed E-state index contributed by atoms with van der Waals surface area (Å²) in [5, 5.41) is 9.15. The highest BCUT2D eigenvalue weighted by Gasteiger charge is 2.59. The number of carbonyl (C=O) groups is 2. The molecule has 0 radical (unpaired) electrons. The van der Waals surface area contributed by atoms with Gasteiger partial charge in [0.1, 0.15) is 0 Å². The maximum atomic E-state index is 12.7. The summed E-state index contributed by atoms with van der Waals surface area (Å²) in [4.78, 5) is 29.8. The van der Waals surface area contributed by atoms with Crippen LogP contribution in [0.15, 0.2) is 18.3 Å². The Morgan fingerprint density at radius 3 is 2.75 bits per heavy atom. The normalized spacial score (nSPS) is 22.9. The minimum Gasteiger partial charge on any atom is -0.481 e. The van der Waals surface area contributed by atoms with Crippen molar-refractivity contribution in [3.8, 4) is 5.88 Å². The molecule has 1 aromatic heterocycles. The van der Waals surface area contributed by atoms with Crippen LogP contribution in [-0.4, -0.2) is 46.1 Å². The van der Waals surface area contributed by atoms with Crippen molar-refractivity contribution in [3.05, 3.63) is 23.9 Å². The molecule has 6 nitrogen and oxygen atoms in total. The van der Waals surface area contributed by atoms with Crippen LogP contribution in [-0.2, 0) is 4.79 Å². The Balaban J connectivity index is 1.62. The highest BCUT2D eigenvalue weighted by atomic mass is 16.5. The van der Waals surface area contributed by atoms with Crippen LogP contribution in [0, 0.1) is 11.3 Å². The molecule has 2 atom stereocenters. The highest BCUT2D eigenvalue weighted by molar-refractivity contribution is 5.94. The summed E-state index contributed by atoms with van der Waals surface area (Å²) in [6, 6.07) is 3.39. The van der Waals surface area contributed by atoms with Gasteiger partial charge >= 0.3 is 5.97 Å². The van der Waals surface area contributed by atoms with Crippen molar-refractivity contribution in [2.45, 2.75) is 45.6 Å². The fourth-order valence-electron chi connectivity index (χ4n) is 3.48. The molecular weight excluding hydrogens is 308 g/mol. The second-order valence-corrected chi connectivity index (χ2v) is 6.97. The maximum Gasteiger partial charge on any atom is 0.307 e. The third-order valence-electron chi connectivity index (χ3n) is 5.41. The molecule has 24 heavy (non-hydrogen) atoms. The van der Waals surface area contributed by atoms with Gasteiger partial charge in [-0.3, -0.25) is 9.59 Å². The number of piperidine rings is 1. The van der Waals surface area contributed by atoms with E-state index in [1.165, 1.54) is 0 Å². The molecule has 1 aliphatic carbocycles. The average Bonchev–Trinajstić information content (AvgIpc) is 3.29. The summed E-state index contributed by atoms with van der Waals surface area (Å²) < 4.78 is 5.68. The van der Waals surface area contributed by atoms with Gasteiger partial charge in [-0.15, -0.1) is 0 Å². The minimum absolute atomic E-state index is 0.0335. The van der Waals surface area contributed by atoms with Crippen molar-refractivity contribution in [1.29, 1.82) is 0 Å². The van der Waals surface area contributed by atoms with E-state index in [1.54, 1.807) is 18.3 Å². The zero-order chi connectivity index (χ0) is 17.3. The van der Waals surface area contributed by atoms with Crippen molar-refractivity contribution < 1.29 is 19.4 Å². The number of aliphatic carboxylic acids is 1. The van der Waals surface area contributed by atoms with Gasteiger partial charge in [-0.2, -0.15) is 0 Å². The Kier molecular flexibility index (Phi) is 4.47. The molecule has 0 bridgehead atoms. The Bertz CT molecular complexity index is 638. The van der Waals surface area contributed by atoms with E-state index in [0.717, 1.165) is 25.7 Å². The van der Waals surface area contributed by atoms with E-state index in [2.05, 4.69) is 4.98 Å². The van der Waals surface area contributed by atoms with Crippen molar-refractivity contribution in [2.24, 2.45) is 11.3 Å². The van der Waals surface area contributed by atoms with Gasteiger partial charge in [0.2, 0.25) is 5.88 Å². The number of nitrogens with zero attached hydrogens (tertiary/aromatic N) is 2. The van der Waals surface area contributed by atoms with Gasteiger partial charge < -0.3 is 14.7 Å². The SMILES string of the molecule is CCC(C)Oc1cc(C(=O)N2CCC3(CC2)CC3C(=O)O)ccn1. The molecule has 0 aromatic carbocycles. The van der Waals surface area contributed by atoms with Gasteiger partial charge in [-0.1, -0.05) is 6.92 Å². The third-order valence-corrected chi connectivity index (χ3v) is 5.41. The predicted molar refractivity (Wildman–Crippen MR) is 87.9 cm³/mol. The molecule has 3 rings (SSSR count). The maximum absolute atomic E-state index is 12.7. The second-order valence-electron chi connectivity index (χ2n) is 6.97. The number of pyridine rings is 1. The molecule has 1 saturated carbocycles. The molecule has 130 valence electrons. The van der Waals surface area contributed by atoms with Gasteiger partial charge in [-0.05, 0) is 44.1 Å². The molecule has 1 saturated heterocycles. The number of aromatic nitrogens is 1. The molecular formula is C18H24N2O4. The smallest absolute Gasteiger partial charge is 0.307 e. The molecule has 6 heteroatoms. The summed E-state index contributed by atoms with van der Waals surface area (Å²) in [5.74, 6) is -0.479. The molecule has 1 spiro atoms. The number of amides is 1. The fourth-order valence-corrected chi connectivity index (χ4v) is 3.48. The lowest BCUT2D eigenvalue weighted by atomic mass is 9.90. The molecule has 1 aliphatic heterocycles. The second kappa shape index (κ2) is 6.42. The Hall–Kier alpha value is -2.11. The minimum atomic E-state index is -0.698. The van der Waals surface area contributed by atoms with Gasteiger partial charge in [0.05, 0.1) is 12.0 Å². The number of hydrogen-bond acceptors (Lipinski definition) is 4. The lowest BCUT2D eigenvalue weighted by molar-refractivity contribution is -0.139. The van der Waals surface area contributed by atoms with Crippen LogP contribution in [0.25, 0.3) is 0 Å². The summed E-state index contributed by atoms with van der Waals surface area (Å²) in [7, 11) is 0. The van der Waals surface area contributed by atoms with Crippen molar-refractivity contribution in [3.63, 3.8) is 0 Å². The fraction of sp³-hybridized carbons (Fsp3) is 0.611. The van der Waals surface area contributed by atoms with Crippen molar-refractivity contribution >= 4 is 11.9 Å². The van der Waals surface area contributed by atoms with E-state index in [0.29, 0.717) is 24.5 Å². The monoisotopic (exact) mass is 332 g/mol. The number of carboxylic acid groups (broad SMARTS) is 1. The molecule has 1 N–H and O–H groups in total. The lowest BCUT2D eigenvalue weighted by Crippen LogP contribution is -2.40. The van der Waals surface area contributed by atoms with E-state index < -0.39 is 5.97 Å². The lowest BCUT2D eigenvalue weighted by Gasteiger charge is -2.32. The van der Waals surface area contributed by atoms with E-state index >= 15 is 0 Å². The van der Waals surface area contributed by atoms with E-state index in [-0.39, 0.29) is 23.3 Å². The number of hydrogen-bond donors (Lipinski definition) is 1. The largest absolute Gasteiger partial charge is 0.481 e. The van der Waals surface area contributed by atoms with Crippen LogP contribution in [0.5, 0.6) is 5.88 Å². The Morgan fingerprint density at radius 1 is 1.46 bits per heavy atom. The summed E-state index contributed by atoms with van der Waals surface area (Å²) in [5.41, 5.74) is 0.510. The van der Waals surface area contributed by atoms with Gasteiger partial charge in [0.15, 0.2) is 0 Å². The Morgan fingerprint density at radius 2 is 2.17 bits per heavy atom. The first-order valence-corrected chi connectivity index (χ1v) is 8.60. The van der Waals surface area contributed by atoms with Gasteiger partial charge in [0.25, 0.3) is 5.91 Å². The first kappa shape index (κ1) is 16.7. The zero-order valence-corrected chi connectivity index (χ0v) is 14.2. The van der Waals surface area contributed by atoms with Gasteiger partial charge in [0, 0.05) is 30.9 Å². The first-order chi connectivity index (χ1) is 11.4. The Labute approximate surface area is 141 Å². The number of rotatable bonds is 5. The number of likely N-dealkylation sites (tertiary alicyclic amines) is 1. The molecule has 1 aromatic rings. The molecule has 2 heterocycles. The average molecular weight is 332 g/mol. The first-order valence-electron chi connectivity index (χ1n) is 8.60. The van der Waals surface area contributed by atoms with Crippen LogP contribution >= 0.6 is 0 Å². The van der Waals surface area contributed by atoms with Crippen LogP contribution in [0.1, 0.15) is 49.9 Å². The topological polar surface area (TPSA) is 79.7 Å². The quantitative estimate of drug-likeness (QED) is 0.896. The van der Waals surface area contributed by atoms with Crippen molar-refractivity contribution in [1.82, 2.24) is 9.88 Å².